The summed E-state index contributed by atoms with van der Waals surface area (Å²) in [6.45, 7) is 9.92. The van der Waals surface area contributed by atoms with E-state index in [0.29, 0.717) is 31.4 Å². The first-order valence-electron chi connectivity index (χ1n) is 9.18. The number of guanidine groups is 1. The Morgan fingerprint density at radius 3 is 2.43 bits per heavy atom. The fourth-order valence-electron chi connectivity index (χ4n) is 2.39. The summed E-state index contributed by atoms with van der Waals surface area (Å²) in [5, 5.41) is 11.5. The third kappa shape index (κ3) is 6.65. The zero-order chi connectivity index (χ0) is 20.8. The Balaban J connectivity index is 1.91. The van der Waals surface area contributed by atoms with Gasteiger partial charge in [0.2, 0.25) is 15.9 Å². The maximum Gasteiger partial charge on any atom is 0.238 e. The highest BCUT2D eigenvalue weighted by molar-refractivity contribution is 7.89. The van der Waals surface area contributed by atoms with Crippen molar-refractivity contribution in [3.63, 3.8) is 0 Å². The predicted molar refractivity (Wildman–Crippen MR) is 110 cm³/mol. The second-order valence-corrected chi connectivity index (χ2v) is 8.99. The van der Waals surface area contributed by atoms with Crippen LogP contribution in [0.2, 0.25) is 0 Å². The molecule has 1 aromatic heterocycles. The van der Waals surface area contributed by atoms with Gasteiger partial charge in [0.15, 0.2) is 5.96 Å². The third-order valence-corrected chi connectivity index (χ3v) is 4.90. The number of aliphatic imine (C=N–C) groups is 1. The Bertz CT molecular complexity index is 896. The summed E-state index contributed by atoms with van der Waals surface area (Å²) in [4.78, 5) is 8.89. The number of nitrogens with one attached hydrogen (secondary N) is 2. The molecule has 0 fully saturated rings. The Morgan fingerprint density at radius 2 is 1.89 bits per heavy atom. The van der Waals surface area contributed by atoms with Crippen LogP contribution in [-0.4, -0.2) is 32.5 Å². The van der Waals surface area contributed by atoms with E-state index in [1.165, 1.54) is 12.1 Å². The van der Waals surface area contributed by atoms with E-state index in [1.54, 1.807) is 18.3 Å². The number of oxazole rings is 1. The van der Waals surface area contributed by atoms with Gasteiger partial charge in [0.05, 0.1) is 11.1 Å². The quantitative estimate of drug-likeness (QED) is 0.476. The predicted octanol–water partition coefficient (Wildman–Crippen LogP) is 1.92. The first-order chi connectivity index (χ1) is 13.1. The molecule has 0 unspecified atom stereocenters. The molecule has 0 saturated heterocycles. The Kier molecular flexibility index (Phi) is 7.20. The molecule has 0 atom stereocenters. The van der Waals surface area contributed by atoms with Crippen molar-refractivity contribution in [2.45, 2.75) is 51.0 Å². The van der Waals surface area contributed by atoms with Gasteiger partial charge in [-0.15, -0.1) is 0 Å². The fraction of sp³-hybridized carbons (Fsp3) is 0.474. The second-order valence-electron chi connectivity index (χ2n) is 7.43. The van der Waals surface area contributed by atoms with Gasteiger partial charge in [0.25, 0.3) is 0 Å². The minimum absolute atomic E-state index is 0.0868. The van der Waals surface area contributed by atoms with E-state index in [1.807, 2.05) is 6.92 Å². The van der Waals surface area contributed by atoms with Crippen LogP contribution in [0, 0.1) is 0 Å². The summed E-state index contributed by atoms with van der Waals surface area (Å²) in [6.07, 6.45) is 2.46. The molecule has 0 aliphatic carbocycles. The van der Waals surface area contributed by atoms with Gasteiger partial charge in [0, 0.05) is 18.5 Å². The monoisotopic (exact) mass is 407 g/mol. The number of hydrogen-bond donors (Lipinski definition) is 3. The second kappa shape index (κ2) is 9.20. The fourth-order valence-corrected chi connectivity index (χ4v) is 2.91. The number of primary sulfonamides is 1. The summed E-state index contributed by atoms with van der Waals surface area (Å²) in [6, 6.07) is 6.54. The molecule has 1 heterocycles. The lowest BCUT2D eigenvalue weighted by Crippen LogP contribution is -2.38. The Labute approximate surface area is 166 Å². The van der Waals surface area contributed by atoms with Crippen molar-refractivity contribution in [1.29, 1.82) is 0 Å². The van der Waals surface area contributed by atoms with E-state index in [2.05, 4.69) is 41.4 Å². The molecule has 0 bridgehead atoms. The molecule has 28 heavy (non-hydrogen) atoms. The SMILES string of the molecule is CCNC(=NCc1ncc(C(C)(C)C)o1)NCCc1ccc(S(N)(=O)=O)cc1. The molecular weight excluding hydrogens is 378 g/mol. The van der Waals surface area contributed by atoms with Crippen LogP contribution in [0.3, 0.4) is 0 Å². The maximum atomic E-state index is 11.3. The summed E-state index contributed by atoms with van der Waals surface area (Å²) >= 11 is 0. The van der Waals surface area contributed by atoms with E-state index >= 15 is 0 Å². The molecule has 0 amide bonds. The van der Waals surface area contributed by atoms with Gasteiger partial charge in [-0.1, -0.05) is 32.9 Å². The lowest BCUT2D eigenvalue weighted by atomic mass is 9.94. The number of sulfonamides is 1. The number of aromatic nitrogens is 1. The average molecular weight is 408 g/mol. The minimum Gasteiger partial charge on any atom is -0.443 e. The number of nitrogens with zero attached hydrogens (tertiary/aromatic N) is 2. The van der Waals surface area contributed by atoms with Crippen LogP contribution in [0.4, 0.5) is 0 Å². The van der Waals surface area contributed by atoms with Gasteiger partial charge in [-0.3, -0.25) is 0 Å². The van der Waals surface area contributed by atoms with Crippen molar-refractivity contribution < 1.29 is 12.8 Å². The van der Waals surface area contributed by atoms with Crippen LogP contribution in [-0.2, 0) is 28.4 Å². The summed E-state index contributed by atoms with van der Waals surface area (Å²) in [5.74, 6) is 2.07. The van der Waals surface area contributed by atoms with E-state index in [0.717, 1.165) is 17.9 Å². The van der Waals surface area contributed by atoms with Gasteiger partial charge >= 0.3 is 0 Å². The molecule has 154 valence electrons. The van der Waals surface area contributed by atoms with Crippen molar-refractivity contribution in [2.75, 3.05) is 13.1 Å². The highest BCUT2D eigenvalue weighted by Gasteiger charge is 2.19. The zero-order valence-corrected chi connectivity index (χ0v) is 17.6. The number of rotatable bonds is 7. The van der Waals surface area contributed by atoms with Gasteiger partial charge in [-0.05, 0) is 31.0 Å². The van der Waals surface area contributed by atoms with Gasteiger partial charge < -0.3 is 15.1 Å². The van der Waals surface area contributed by atoms with Crippen LogP contribution in [0.25, 0.3) is 0 Å². The topological polar surface area (TPSA) is 123 Å². The first kappa shape index (κ1) is 21.9. The van der Waals surface area contributed by atoms with Crippen LogP contribution >= 0.6 is 0 Å². The van der Waals surface area contributed by atoms with Crippen molar-refractivity contribution in [3.8, 4) is 0 Å². The normalized spacial score (nSPS) is 12.8. The van der Waals surface area contributed by atoms with Crippen LogP contribution in [0.15, 0.2) is 44.8 Å². The molecule has 9 heteroatoms. The maximum absolute atomic E-state index is 11.3. The van der Waals surface area contributed by atoms with Crippen molar-refractivity contribution in [3.05, 3.63) is 47.7 Å². The van der Waals surface area contributed by atoms with E-state index in [4.69, 9.17) is 9.56 Å². The van der Waals surface area contributed by atoms with Gasteiger partial charge in [-0.25, -0.2) is 23.5 Å². The van der Waals surface area contributed by atoms with E-state index in [-0.39, 0.29) is 10.3 Å². The molecule has 4 N–H and O–H groups in total. The highest BCUT2D eigenvalue weighted by Crippen LogP contribution is 2.22. The van der Waals surface area contributed by atoms with Gasteiger partial charge in [-0.2, -0.15) is 0 Å². The largest absolute Gasteiger partial charge is 0.443 e. The Morgan fingerprint density at radius 1 is 1.21 bits per heavy atom. The number of benzene rings is 1. The van der Waals surface area contributed by atoms with Gasteiger partial charge in [0.1, 0.15) is 12.3 Å². The molecule has 8 nitrogen and oxygen atoms in total. The summed E-state index contributed by atoms with van der Waals surface area (Å²) in [5.41, 5.74) is 0.912. The Hall–Kier alpha value is -2.39. The van der Waals surface area contributed by atoms with Crippen molar-refractivity contribution >= 4 is 16.0 Å². The zero-order valence-electron chi connectivity index (χ0n) is 16.8. The molecule has 0 radical (unpaired) electrons. The summed E-state index contributed by atoms with van der Waals surface area (Å²) in [7, 11) is -3.66. The van der Waals surface area contributed by atoms with E-state index < -0.39 is 10.0 Å². The van der Waals surface area contributed by atoms with Crippen molar-refractivity contribution in [2.24, 2.45) is 10.1 Å². The number of nitrogens with two attached hydrogens (primary N) is 1. The molecule has 0 spiro atoms. The van der Waals surface area contributed by atoms with Crippen molar-refractivity contribution in [1.82, 2.24) is 15.6 Å². The highest BCUT2D eigenvalue weighted by atomic mass is 32.2. The van der Waals surface area contributed by atoms with E-state index in [9.17, 15) is 8.42 Å². The average Bonchev–Trinajstić information content (AvgIpc) is 3.09. The molecule has 0 aliphatic heterocycles. The van der Waals surface area contributed by atoms with Crippen LogP contribution < -0.4 is 15.8 Å². The standard InChI is InChI=1S/C19H29N5O3S/c1-5-21-18(24-13-17-23-12-16(27-17)19(2,3)4)22-11-10-14-6-8-15(9-7-14)28(20,25)26/h6-9,12H,5,10-11,13H2,1-4H3,(H2,20,25,26)(H2,21,22,24). The molecule has 1 aromatic carbocycles. The van der Waals surface area contributed by atoms with Crippen LogP contribution in [0.1, 0.15) is 44.9 Å². The molecule has 0 aliphatic rings. The molecule has 0 saturated carbocycles. The molecular formula is C19H29N5O3S. The lowest BCUT2D eigenvalue weighted by molar-refractivity contribution is 0.383. The third-order valence-electron chi connectivity index (χ3n) is 3.97. The van der Waals surface area contributed by atoms with Crippen LogP contribution in [0.5, 0.6) is 0 Å². The minimum atomic E-state index is -3.66. The lowest BCUT2D eigenvalue weighted by Gasteiger charge is -2.13. The number of hydrogen-bond acceptors (Lipinski definition) is 5. The smallest absolute Gasteiger partial charge is 0.238 e. The molecule has 2 rings (SSSR count). The first-order valence-corrected chi connectivity index (χ1v) is 10.7. The molecule has 2 aromatic rings. The summed E-state index contributed by atoms with van der Waals surface area (Å²) < 4.78 is 28.3.